The van der Waals surface area contributed by atoms with Crippen molar-refractivity contribution in [3.8, 4) is 11.3 Å². The molecule has 0 aliphatic rings. The van der Waals surface area contributed by atoms with Crippen LogP contribution >= 0.6 is 0 Å². The molecule has 1 unspecified atom stereocenters. The van der Waals surface area contributed by atoms with E-state index in [1.54, 1.807) is 35.0 Å². The second kappa shape index (κ2) is 8.29. The molecule has 7 nitrogen and oxygen atoms in total. The second-order valence-corrected chi connectivity index (χ2v) is 7.47. The predicted octanol–water partition coefficient (Wildman–Crippen LogP) is 4.25. The van der Waals surface area contributed by atoms with Crippen molar-refractivity contribution in [3.05, 3.63) is 71.1 Å². The van der Waals surface area contributed by atoms with Gasteiger partial charge in [-0.1, -0.05) is 6.92 Å². The van der Waals surface area contributed by atoms with E-state index in [0.717, 1.165) is 41.2 Å². The number of rotatable bonds is 6. The van der Waals surface area contributed by atoms with Crippen LogP contribution < -0.4 is 5.32 Å². The predicted molar refractivity (Wildman–Crippen MR) is 116 cm³/mol. The third kappa shape index (κ3) is 3.81. The topological polar surface area (TPSA) is 77.1 Å². The molecule has 3 aromatic heterocycles. The largest absolute Gasteiger partial charge is 0.344 e. The molecule has 4 aromatic rings. The number of fused-ring (bicyclic) bond motifs is 1. The number of benzene rings is 1. The van der Waals surface area contributed by atoms with E-state index in [4.69, 9.17) is 0 Å². The molecule has 0 spiro atoms. The number of nitrogens with one attached hydrogen (secondary N) is 1. The standard InChI is InChI=1S/C23H25FN6O/c1-5-18(22-14(3)27-29(6-2)15(22)4)26-23(31)19-13-21-25-12-11-20(30(21)28-19)16-7-9-17(24)10-8-16/h7-13,18H,5-6H2,1-4H3,(H,26,31). The van der Waals surface area contributed by atoms with Crippen LogP contribution in [0.3, 0.4) is 0 Å². The molecule has 0 saturated heterocycles. The van der Waals surface area contributed by atoms with E-state index in [1.165, 1.54) is 12.1 Å². The first-order valence-corrected chi connectivity index (χ1v) is 10.4. The highest BCUT2D eigenvalue weighted by Gasteiger charge is 2.23. The molecule has 0 fully saturated rings. The zero-order valence-electron chi connectivity index (χ0n) is 18.1. The third-order valence-corrected chi connectivity index (χ3v) is 5.53. The number of aryl methyl sites for hydroxylation is 2. The average Bonchev–Trinajstić information content (AvgIpc) is 3.33. The van der Waals surface area contributed by atoms with E-state index in [0.29, 0.717) is 5.65 Å². The van der Waals surface area contributed by atoms with Gasteiger partial charge < -0.3 is 5.32 Å². The Morgan fingerprint density at radius 3 is 2.52 bits per heavy atom. The molecule has 1 aromatic carbocycles. The van der Waals surface area contributed by atoms with E-state index in [9.17, 15) is 9.18 Å². The van der Waals surface area contributed by atoms with E-state index in [-0.39, 0.29) is 23.5 Å². The number of hydrogen-bond acceptors (Lipinski definition) is 4. The molecule has 0 bridgehead atoms. The van der Waals surface area contributed by atoms with Crippen LogP contribution in [0.1, 0.15) is 53.7 Å². The number of halogens is 1. The minimum Gasteiger partial charge on any atom is -0.344 e. The molecule has 1 amide bonds. The highest BCUT2D eigenvalue weighted by atomic mass is 19.1. The van der Waals surface area contributed by atoms with Crippen molar-refractivity contribution in [2.75, 3.05) is 0 Å². The van der Waals surface area contributed by atoms with Crippen molar-refractivity contribution in [3.63, 3.8) is 0 Å². The van der Waals surface area contributed by atoms with Crippen molar-refractivity contribution in [1.29, 1.82) is 0 Å². The summed E-state index contributed by atoms with van der Waals surface area (Å²) < 4.78 is 16.9. The molecule has 1 N–H and O–H groups in total. The molecule has 0 aliphatic carbocycles. The van der Waals surface area contributed by atoms with Gasteiger partial charge in [0, 0.05) is 35.6 Å². The van der Waals surface area contributed by atoms with Gasteiger partial charge in [0.15, 0.2) is 11.3 Å². The quantitative estimate of drug-likeness (QED) is 0.506. The summed E-state index contributed by atoms with van der Waals surface area (Å²) in [5, 5.41) is 12.2. The van der Waals surface area contributed by atoms with Gasteiger partial charge in [-0.25, -0.2) is 13.9 Å². The number of aromatic nitrogens is 5. The summed E-state index contributed by atoms with van der Waals surface area (Å²) in [7, 11) is 0. The van der Waals surface area contributed by atoms with Crippen LogP contribution in [-0.2, 0) is 6.54 Å². The summed E-state index contributed by atoms with van der Waals surface area (Å²) >= 11 is 0. The summed E-state index contributed by atoms with van der Waals surface area (Å²) in [6.45, 7) is 8.85. The minimum atomic E-state index is -0.308. The maximum absolute atomic E-state index is 13.3. The zero-order valence-corrected chi connectivity index (χ0v) is 18.1. The van der Waals surface area contributed by atoms with E-state index >= 15 is 0 Å². The van der Waals surface area contributed by atoms with Gasteiger partial charge >= 0.3 is 0 Å². The molecule has 31 heavy (non-hydrogen) atoms. The molecule has 1 atom stereocenters. The molecule has 4 rings (SSSR count). The Labute approximate surface area is 179 Å². The van der Waals surface area contributed by atoms with Crippen LogP contribution in [0.5, 0.6) is 0 Å². The van der Waals surface area contributed by atoms with Gasteiger partial charge in [0.2, 0.25) is 0 Å². The molecular weight excluding hydrogens is 395 g/mol. The Morgan fingerprint density at radius 2 is 1.87 bits per heavy atom. The van der Waals surface area contributed by atoms with Crippen LogP contribution in [0.15, 0.2) is 42.6 Å². The first-order valence-electron chi connectivity index (χ1n) is 10.4. The van der Waals surface area contributed by atoms with Crippen molar-refractivity contribution in [1.82, 2.24) is 29.7 Å². The Hall–Kier alpha value is -3.55. The molecule has 8 heteroatoms. The summed E-state index contributed by atoms with van der Waals surface area (Å²) in [6, 6.07) is 9.42. The van der Waals surface area contributed by atoms with E-state index in [2.05, 4.69) is 20.5 Å². The van der Waals surface area contributed by atoms with Crippen LogP contribution in [0.2, 0.25) is 0 Å². The van der Waals surface area contributed by atoms with Crippen LogP contribution in [0.4, 0.5) is 4.39 Å². The SMILES string of the molecule is CCC(NC(=O)c1cc2nccc(-c3ccc(F)cc3)n2n1)c1c(C)nn(CC)c1C. The fraction of sp³-hybridized carbons (Fsp3) is 0.304. The Kier molecular flexibility index (Phi) is 5.54. The van der Waals surface area contributed by atoms with E-state index < -0.39 is 0 Å². The Morgan fingerprint density at radius 1 is 1.13 bits per heavy atom. The van der Waals surface area contributed by atoms with Crippen molar-refractivity contribution in [2.24, 2.45) is 0 Å². The Bertz CT molecular complexity index is 1240. The van der Waals surface area contributed by atoms with Gasteiger partial charge in [0.25, 0.3) is 5.91 Å². The highest BCUT2D eigenvalue weighted by Crippen LogP contribution is 2.25. The molecule has 0 aliphatic heterocycles. The molecule has 3 heterocycles. The van der Waals surface area contributed by atoms with Crippen molar-refractivity contribution in [2.45, 2.75) is 46.7 Å². The molecule has 0 radical (unpaired) electrons. The maximum atomic E-state index is 13.3. The third-order valence-electron chi connectivity index (χ3n) is 5.53. The highest BCUT2D eigenvalue weighted by molar-refractivity contribution is 5.93. The molecule has 0 saturated carbocycles. The average molecular weight is 420 g/mol. The van der Waals surface area contributed by atoms with Gasteiger partial charge in [0.05, 0.1) is 17.4 Å². The molecular formula is C23H25FN6O. The lowest BCUT2D eigenvalue weighted by Gasteiger charge is -2.17. The summed E-state index contributed by atoms with van der Waals surface area (Å²) in [6.07, 6.45) is 2.38. The fourth-order valence-electron chi connectivity index (χ4n) is 3.98. The van der Waals surface area contributed by atoms with Crippen LogP contribution in [0.25, 0.3) is 16.9 Å². The normalized spacial score (nSPS) is 12.3. The van der Waals surface area contributed by atoms with Crippen molar-refractivity contribution >= 4 is 11.6 Å². The van der Waals surface area contributed by atoms with Gasteiger partial charge in [-0.15, -0.1) is 0 Å². The number of carbonyl (C=O) groups excluding carboxylic acids is 1. The van der Waals surface area contributed by atoms with Gasteiger partial charge in [0.1, 0.15) is 5.82 Å². The van der Waals surface area contributed by atoms with Crippen LogP contribution in [0, 0.1) is 19.7 Å². The van der Waals surface area contributed by atoms with Gasteiger partial charge in [-0.05, 0) is 57.5 Å². The molecule has 160 valence electrons. The lowest BCUT2D eigenvalue weighted by atomic mass is 10.0. The van der Waals surface area contributed by atoms with Crippen molar-refractivity contribution < 1.29 is 9.18 Å². The van der Waals surface area contributed by atoms with Gasteiger partial charge in [-0.2, -0.15) is 10.2 Å². The summed E-state index contributed by atoms with van der Waals surface area (Å²) in [5.41, 5.74) is 5.36. The lowest BCUT2D eigenvalue weighted by Crippen LogP contribution is -2.29. The first-order chi connectivity index (χ1) is 14.9. The number of hydrogen-bond donors (Lipinski definition) is 1. The minimum absolute atomic E-state index is 0.165. The number of carbonyl (C=O) groups is 1. The second-order valence-electron chi connectivity index (χ2n) is 7.47. The maximum Gasteiger partial charge on any atom is 0.272 e. The summed E-state index contributed by atoms with van der Waals surface area (Å²) in [4.78, 5) is 17.4. The number of nitrogens with zero attached hydrogens (tertiary/aromatic N) is 5. The smallest absolute Gasteiger partial charge is 0.272 e. The zero-order chi connectivity index (χ0) is 22.1. The van der Waals surface area contributed by atoms with Gasteiger partial charge in [-0.3, -0.25) is 9.48 Å². The summed E-state index contributed by atoms with van der Waals surface area (Å²) in [5.74, 6) is -0.581. The lowest BCUT2D eigenvalue weighted by molar-refractivity contribution is 0.0930. The monoisotopic (exact) mass is 420 g/mol. The first kappa shape index (κ1) is 20.7. The fourth-order valence-corrected chi connectivity index (χ4v) is 3.98. The van der Waals surface area contributed by atoms with E-state index in [1.807, 2.05) is 32.4 Å². The Balaban J connectivity index is 1.66. The van der Waals surface area contributed by atoms with Crippen LogP contribution in [-0.4, -0.2) is 30.3 Å². The number of amides is 1.